The van der Waals surface area contributed by atoms with Crippen LogP contribution < -0.4 is 0 Å². The molecule has 0 aliphatic carbocycles. The number of nitrogens with zero attached hydrogens (tertiary/aromatic N) is 2. The van der Waals surface area contributed by atoms with Crippen LogP contribution in [0, 0.1) is 24.1 Å². The van der Waals surface area contributed by atoms with Gasteiger partial charge in [0, 0.05) is 0 Å². The molecular formula is C7H4ClFN2. The molecule has 11 heavy (non-hydrogen) atoms. The summed E-state index contributed by atoms with van der Waals surface area (Å²) in [5.74, 6) is -0.564. The van der Waals surface area contributed by atoms with Crippen molar-refractivity contribution in [3.05, 3.63) is 28.3 Å². The molecule has 0 unspecified atom stereocenters. The van der Waals surface area contributed by atoms with Gasteiger partial charge in [-0.3, -0.25) is 0 Å². The first-order chi connectivity index (χ1) is 5.15. The Morgan fingerprint density at radius 1 is 1.73 bits per heavy atom. The van der Waals surface area contributed by atoms with Gasteiger partial charge in [-0.25, -0.2) is 9.37 Å². The van der Waals surface area contributed by atoms with E-state index in [9.17, 15) is 4.39 Å². The molecule has 1 heterocycles. The summed E-state index contributed by atoms with van der Waals surface area (Å²) in [7, 11) is 0. The van der Waals surface area contributed by atoms with Gasteiger partial charge in [-0.05, 0) is 13.0 Å². The van der Waals surface area contributed by atoms with Crippen LogP contribution in [0.25, 0.3) is 0 Å². The fourth-order valence-corrected chi connectivity index (χ4v) is 0.916. The molecule has 0 amide bonds. The van der Waals surface area contributed by atoms with Crippen LogP contribution in [-0.2, 0) is 0 Å². The third-order valence-corrected chi connectivity index (χ3v) is 1.47. The van der Waals surface area contributed by atoms with Crippen LogP contribution in [0.2, 0.25) is 5.02 Å². The molecule has 1 rings (SSSR count). The monoisotopic (exact) mass is 170 g/mol. The number of nitriles is 1. The minimum Gasteiger partial charge on any atom is -0.239 e. The van der Waals surface area contributed by atoms with Gasteiger partial charge in [0.2, 0.25) is 0 Å². The van der Waals surface area contributed by atoms with Crippen molar-refractivity contribution in [1.82, 2.24) is 4.98 Å². The van der Waals surface area contributed by atoms with E-state index < -0.39 is 5.82 Å². The summed E-state index contributed by atoms with van der Waals surface area (Å²) in [6.45, 7) is 1.46. The van der Waals surface area contributed by atoms with E-state index >= 15 is 0 Å². The van der Waals surface area contributed by atoms with E-state index in [0.717, 1.165) is 0 Å². The summed E-state index contributed by atoms with van der Waals surface area (Å²) < 4.78 is 12.7. The number of pyridine rings is 1. The van der Waals surface area contributed by atoms with Crippen LogP contribution >= 0.6 is 11.6 Å². The molecule has 0 bridgehead atoms. The Bertz CT molecular complexity index is 307. The Morgan fingerprint density at radius 2 is 2.36 bits per heavy atom. The van der Waals surface area contributed by atoms with Crippen molar-refractivity contribution >= 4 is 11.6 Å². The molecule has 56 valence electrons. The SMILES string of the molecule is Cc1nc(C#N)cc(Cl)c1F. The first-order valence-electron chi connectivity index (χ1n) is 2.88. The van der Waals surface area contributed by atoms with E-state index in [-0.39, 0.29) is 16.4 Å². The fourth-order valence-electron chi connectivity index (χ4n) is 0.676. The molecule has 0 radical (unpaired) electrons. The minimum atomic E-state index is -0.564. The van der Waals surface area contributed by atoms with Crippen molar-refractivity contribution in [2.24, 2.45) is 0 Å². The molecular weight excluding hydrogens is 167 g/mol. The van der Waals surface area contributed by atoms with Crippen LogP contribution in [0.1, 0.15) is 11.4 Å². The van der Waals surface area contributed by atoms with Crippen LogP contribution in [0.3, 0.4) is 0 Å². The molecule has 4 heteroatoms. The van der Waals surface area contributed by atoms with Crippen LogP contribution in [0.15, 0.2) is 6.07 Å². The maximum Gasteiger partial charge on any atom is 0.163 e. The Labute approximate surface area is 68.2 Å². The van der Waals surface area contributed by atoms with Crippen molar-refractivity contribution in [3.8, 4) is 6.07 Å². The highest BCUT2D eigenvalue weighted by Gasteiger charge is 2.05. The summed E-state index contributed by atoms with van der Waals surface area (Å²) in [4.78, 5) is 3.63. The van der Waals surface area contributed by atoms with Gasteiger partial charge in [0.15, 0.2) is 5.82 Å². The second-order valence-electron chi connectivity index (χ2n) is 2.00. The van der Waals surface area contributed by atoms with Gasteiger partial charge in [0.05, 0.1) is 10.7 Å². The normalized spacial score (nSPS) is 9.27. The molecule has 1 aromatic rings. The summed E-state index contributed by atoms with van der Waals surface area (Å²) in [6, 6.07) is 2.97. The number of halogens is 2. The first-order valence-corrected chi connectivity index (χ1v) is 3.25. The number of aryl methyl sites for hydroxylation is 1. The summed E-state index contributed by atoms with van der Waals surface area (Å²) >= 11 is 5.43. The Morgan fingerprint density at radius 3 is 2.82 bits per heavy atom. The lowest BCUT2D eigenvalue weighted by atomic mass is 10.3. The number of rotatable bonds is 0. The molecule has 0 aromatic carbocycles. The highest BCUT2D eigenvalue weighted by Crippen LogP contribution is 2.16. The van der Waals surface area contributed by atoms with Crippen LogP contribution in [0.5, 0.6) is 0 Å². The van der Waals surface area contributed by atoms with Crippen LogP contribution in [-0.4, -0.2) is 4.98 Å². The largest absolute Gasteiger partial charge is 0.239 e. The molecule has 0 aliphatic rings. The Balaban J connectivity index is 3.35. The average Bonchev–Trinajstić information content (AvgIpc) is 1.99. The third kappa shape index (κ3) is 1.47. The van der Waals surface area contributed by atoms with Gasteiger partial charge in [0.25, 0.3) is 0 Å². The zero-order chi connectivity index (χ0) is 8.43. The molecule has 0 atom stereocenters. The van der Waals surface area contributed by atoms with Crippen molar-refractivity contribution in [1.29, 1.82) is 5.26 Å². The first kappa shape index (κ1) is 7.96. The molecule has 0 N–H and O–H groups in total. The van der Waals surface area contributed by atoms with Crippen molar-refractivity contribution in [2.45, 2.75) is 6.92 Å². The van der Waals surface area contributed by atoms with E-state index in [1.807, 2.05) is 0 Å². The Hall–Kier alpha value is -1.14. The average molecular weight is 171 g/mol. The predicted octanol–water partition coefficient (Wildman–Crippen LogP) is 2.05. The van der Waals surface area contributed by atoms with E-state index in [0.29, 0.717) is 0 Å². The fraction of sp³-hybridized carbons (Fsp3) is 0.143. The van der Waals surface area contributed by atoms with Crippen molar-refractivity contribution < 1.29 is 4.39 Å². The van der Waals surface area contributed by atoms with Gasteiger partial charge >= 0.3 is 0 Å². The molecule has 2 nitrogen and oxygen atoms in total. The topological polar surface area (TPSA) is 36.7 Å². The molecule has 0 saturated heterocycles. The maximum absolute atomic E-state index is 12.7. The number of hydrogen-bond acceptors (Lipinski definition) is 2. The van der Waals surface area contributed by atoms with Gasteiger partial charge < -0.3 is 0 Å². The zero-order valence-corrected chi connectivity index (χ0v) is 6.48. The summed E-state index contributed by atoms with van der Waals surface area (Å²) in [5, 5.41) is 8.32. The van der Waals surface area contributed by atoms with E-state index in [1.54, 1.807) is 6.07 Å². The van der Waals surface area contributed by atoms with Crippen molar-refractivity contribution in [2.75, 3.05) is 0 Å². The lowest BCUT2D eigenvalue weighted by Crippen LogP contribution is -1.92. The van der Waals surface area contributed by atoms with E-state index in [2.05, 4.69) is 4.98 Å². The smallest absolute Gasteiger partial charge is 0.163 e. The minimum absolute atomic E-state index is 0.0611. The highest BCUT2D eigenvalue weighted by atomic mass is 35.5. The summed E-state index contributed by atoms with van der Waals surface area (Å²) in [6.07, 6.45) is 0. The lowest BCUT2D eigenvalue weighted by Gasteiger charge is -1.97. The van der Waals surface area contributed by atoms with E-state index in [4.69, 9.17) is 16.9 Å². The van der Waals surface area contributed by atoms with Gasteiger partial charge in [-0.2, -0.15) is 5.26 Å². The third-order valence-electron chi connectivity index (χ3n) is 1.19. The Kier molecular flexibility index (Phi) is 2.06. The quantitative estimate of drug-likeness (QED) is 0.598. The molecule has 1 aromatic heterocycles. The number of hydrogen-bond donors (Lipinski definition) is 0. The van der Waals surface area contributed by atoms with Gasteiger partial charge in [-0.1, -0.05) is 11.6 Å². The molecule has 0 saturated carbocycles. The lowest BCUT2D eigenvalue weighted by molar-refractivity contribution is 0.609. The molecule has 0 fully saturated rings. The van der Waals surface area contributed by atoms with Crippen molar-refractivity contribution in [3.63, 3.8) is 0 Å². The number of aromatic nitrogens is 1. The van der Waals surface area contributed by atoms with Crippen LogP contribution in [0.4, 0.5) is 4.39 Å². The molecule has 0 spiro atoms. The zero-order valence-electron chi connectivity index (χ0n) is 5.73. The second kappa shape index (κ2) is 2.85. The maximum atomic E-state index is 12.7. The van der Waals surface area contributed by atoms with E-state index in [1.165, 1.54) is 13.0 Å². The predicted molar refractivity (Wildman–Crippen MR) is 38.7 cm³/mol. The highest BCUT2D eigenvalue weighted by molar-refractivity contribution is 6.30. The summed E-state index contributed by atoms with van der Waals surface area (Å²) in [5.41, 5.74) is 0.281. The molecule has 0 aliphatic heterocycles. The van der Waals surface area contributed by atoms with Gasteiger partial charge in [-0.15, -0.1) is 0 Å². The van der Waals surface area contributed by atoms with Gasteiger partial charge in [0.1, 0.15) is 11.8 Å². The standard InChI is InChI=1S/C7H4ClFN2/c1-4-7(9)6(8)2-5(3-10)11-4/h2H,1H3. The second-order valence-corrected chi connectivity index (χ2v) is 2.41.